The van der Waals surface area contributed by atoms with E-state index in [9.17, 15) is 9.90 Å². The summed E-state index contributed by atoms with van der Waals surface area (Å²) in [6.45, 7) is 2.70. The molecule has 0 aromatic carbocycles. The first kappa shape index (κ1) is 12.6. The van der Waals surface area contributed by atoms with E-state index in [4.69, 9.17) is 0 Å². The van der Waals surface area contributed by atoms with Crippen molar-refractivity contribution in [3.63, 3.8) is 0 Å². The van der Waals surface area contributed by atoms with Crippen LogP contribution in [0.5, 0.6) is 0 Å². The lowest BCUT2D eigenvalue weighted by molar-refractivity contribution is 0.0910. The molecule has 2 N–H and O–H groups in total. The summed E-state index contributed by atoms with van der Waals surface area (Å²) in [5.74, 6) is 0.566. The van der Waals surface area contributed by atoms with Crippen LogP contribution >= 0.6 is 11.3 Å². The largest absolute Gasteiger partial charge is 0.393 e. The first-order valence-electron chi connectivity index (χ1n) is 6.16. The Bertz CT molecular complexity index is 381. The van der Waals surface area contributed by atoms with Gasteiger partial charge < -0.3 is 10.4 Å². The van der Waals surface area contributed by atoms with Crippen molar-refractivity contribution in [1.82, 2.24) is 5.32 Å². The van der Waals surface area contributed by atoms with Gasteiger partial charge in [-0.3, -0.25) is 4.79 Å². The minimum atomic E-state index is -0.124. The smallest absolute Gasteiger partial charge is 0.252 e. The molecule has 0 unspecified atom stereocenters. The third kappa shape index (κ3) is 3.30. The van der Waals surface area contributed by atoms with E-state index >= 15 is 0 Å². The molecule has 0 spiro atoms. The van der Waals surface area contributed by atoms with Gasteiger partial charge in [-0.1, -0.05) is 0 Å². The number of hydrogen-bond donors (Lipinski definition) is 2. The maximum Gasteiger partial charge on any atom is 0.252 e. The molecule has 0 atom stereocenters. The minimum absolute atomic E-state index is 0.0369. The van der Waals surface area contributed by atoms with Crippen molar-refractivity contribution in [2.45, 2.75) is 38.7 Å². The molecule has 1 aromatic heterocycles. The second kappa shape index (κ2) is 5.65. The van der Waals surface area contributed by atoms with Gasteiger partial charge in [0.25, 0.3) is 5.91 Å². The number of aliphatic hydroxyl groups excluding tert-OH is 1. The van der Waals surface area contributed by atoms with E-state index in [1.807, 2.05) is 17.7 Å². The number of rotatable bonds is 3. The monoisotopic (exact) mass is 253 g/mol. The molecule has 0 aliphatic heterocycles. The second-order valence-electron chi connectivity index (χ2n) is 4.85. The van der Waals surface area contributed by atoms with E-state index in [-0.39, 0.29) is 12.0 Å². The summed E-state index contributed by atoms with van der Waals surface area (Å²) in [6.07, 6.45) is 3.66. The number of hydrogen-bond acceptors (Lipinski definition) is 3. The van der Waals surface area contributed by atoms with Gasteiger partial charge in [-0.05, 0) is 49.5 Å². The fourth-order valence-corrected chi connectivity index (χ4v) is 3.10. The van der Waals surface area contributed by atoms with Crippen molar-refractivity contribution in [2.24, 2.45) is 5.92 Å². The predicted molar refractivity (Wildman–Crippen MR) is 69.4 cm³/mol. The van der Waals surface area contributed by atoms with Crippen LogP contribution in [0.2, 0.25) is 0 Å². The third-order valence-electron chi connectivity index (χ3n) is 3.47. The lowest BCUT2D eigenvalue weighted by Crippen LogP contribution is -2.32. The fraction of sp³-hybridized carbons (Fsp3) is 0.615. The van der Waals surface area contributed by atoms with Crippen molar-refractivity contribution in [1.29, 1.82) is 0 Å². The van der Waals surface area contributed by atoms with Crippen LogP contribution in [0.25, 0.3) is 0 Å². The van der Waals surface area contributed by atoms with Gasteiger partial charge in [-0.15, -0.1) is 0 Å². The van der Waals surface area contributed by atoms with Crippen molar-refractivity contribution in [3.8, 4) is 0 Å². The molecule has 1 amide bonds. The molecule has 1 fully saturated rings. The number of carbonyl (C=O) groups is 1. The van der Waals surface area contributed by atoms with Crippen molar-refractivity contribution in [3.05, 3.63) is 21.9 Å². The average Bonchev–Trinajstić information content (AvgIpc) is 2.74. The van der Waals surface area contributed by atoms with Crippen LogP contribution in [0.1, 0.15) is 41.6 Å². The summed E-state index contributed by atoms with van der Waals surface area (Å²) in [5, 5.41) is 16.3. The highest BCUT2D eigenvalue weighted by atomic mass is 32.1. The Morgan fingerprint density at radius 1 is 1.41 bits per heavy atom. The maximum atomic E-state index is 11.9. The summed E-state index contributed by atoms with van der Waals surface area (Å²) < 4.78 is 0. The van der Waals surface area contributed by atoms with Crippen LogP contribution in [0.3, 0.4) is 0 Å². The second-order valence-corrected chi connectivity index (χ2v) is 5.60. The number of amides is 1. The van der Waals surface area contributed by atoms with E-state index in [1.165, 1.54) is 0 Å². The lowest BCUT2D eigenvalue weighted by atomic mass is 9.87. The Morgan fingerprint density at radius 2 is 2.12 bits per heavy atom. The molecule has 0 bridgehead atoms. The Hall–Kier alpha value is -0.870. The Labute approximate surface area is 106 Å². The number of carbonyl (C=O) groups excluding carboxylic acids is 1. The molecule has 17 heavy (non-hydrogen) atoms. The predicted octanol–water partition coefficient (Wildman–Crippen LogP) is 2.34. The molecule has 2 rings (SSSR count). The zero-order valence-electron chi connectivity index (χ0n) is 10.1. The van der Waals surface area contributed by atoms with Gasteiger partial charge in [0.2, 0.25) is 0 Å². The quantitative estimate of drug-likeness (QED) is 0.868. The summed E-state index contributed by atoms with van der Waals surface area (Å²) >= 11 is 1.56. The molecule has 0 saturated heterocycles. The normalized spacial score (nSPS) is 24.6. The molecular formula is C13H19NO2S. The summed E-state index contributed by atoms with van der Waals surface area (Å²) in [5.41, 5.74) is 1.84. The van der Waals surface area contributed by atoms with Crippen LogP contribution in [-0.2, 0) is 0 Å². The van der Waals surface area contributed by atoms with Crippen molar-refractivity contribution < 1.29 is 9.90 Å². The van der Waals surface area contributed by atoms with Crippen LogP contribution in [-0.4, -0.2) is 23.7 Å². The van der Waals surface area contributed by atoms with E-state index in [2.05, 4.69) is 5.32 Å². The summed E-state index contributed by atoms with van der Waals surface area (Å²) in [4.78, 5) is 11.9. The van der Waals surface area contributed by atoms with E-state index in [0.717, 1.165) is 43.4 Å². The van der Waals surface area contributed by atoms with Gasteiger partial charge in [0.15, 0.2) is 0 Å². The molecule has 1 aliphatic rings. The molecule has 3 nitrogen and oxygen atoms in total. The molecule has 0 radical (unpaired) electrons. The minimum Gasteiger partial charge on any atom is -0.393 e. The van der Waals surface area contributed by atoms with Gasteiger partial charge in [0, 0.05) is 11.9 Å². The van der Waals surface area contributed by atoms with Gasteiger partial charge in [0.05, 0.1) is 11.7 Å². The van der Waals surface area contributed by atoms with Gasteiger partial charge in [-0.2, -0.15) is 11.3 Å². The molecule has 1 aromatic rings. The fourth-order valence-electron chi connectivity index (χ4n) is 2.27. The average molecular weight is 253 g/mol. The van der Waals surface area contributed by atoms with Crippen molar-refractivity contribution in [2.75, 3.05) is 6.54 Å². The highest BCUT2D eigenvalue weighted by Gasteiger charge is 2.20. The van der Waals surface area contributed by atoms with Crippen LogP contribution in [0.15, 0.2) is 10.8 Å². The van der Waals surface area contributed by atoms with Crippen LogP contribution in [0, 0.1) is 12.8 Å². The molecule has 1 aliphatic carbocycles. The number of nitrogens with one attached hydrogen (secondary N) is 1. The zero-order valence-corrected chi connectivity index (χ0v) is 10.9. The summed E-state index contributed by atoms with van der Waals surface area (Å²) in [6, 6.07) is 0. The molecular weight excluding hydrogens is 234 g/mol. The molecule has 1 heterocycles. The first-order valence-corrected chi connectivity index (χ1v) is 7.10. The van der Waals surface area contributed by atoms with Gasteiger partial charge in [0.1, 0.15) is 0 Å². The number of aryl methyl sites for hydroxylation is 1. The molecule has 94 valence electrons. The zero-order chi connectivity index (χ0) is 12.3. The van der Waals surface area contributed by atoms with Crippen molar-refractivity contribution >= 4 is 17.2 Å². The van der Waals surface area contributed by atoms with Gasteiger partial charge >= 0.3 is 0 Å². The third-order valence-corrected chi connectivity index (χ3v) is 4.33. The molecule has 4 heteroatoms. The topological polar surface area (TPSA) is 49.3 Å². The standard InChI is InChI=1S/C13H19NO2S/c1-9-7-17-8-12(9)13(16)14-6-10-2-4-11(15)5-3-10/h7-8,10-11,15H,2-6H2,1H3,(H,14,16). The molecule has 1 saturated carbocycles. The van der Waals surface area contributed by atoms with E-state index in [1.54, 1.807) is 11.3 Å². The lowest BCUT2D eigenvalue weighted by Gasteiger charge is -2.25. The van der Waals surface area contributed by atoms with E-state index < -0.39 is 0 Å². The van der Waals surface area contributed by atoms with Crippen LogP contribution < -0.4 is 5.32 Å². The summed E-state index contributed by atoms with van der Waals surface area (Å²) in [7, 11) is 0. The Balaban J connectivity index is 1.79. The number of aliphatic hydroxyl groups is 1. The van der Waals surface area contributed by atoms with Gasteiger partial charge in [-0.25, -0.2) is 0 Å². The number of thiophene rings is 1. The first-order chi connectivity index (χ1) is 8.16. The SMILES string of the molecule is Cc1cscc1C(=O)NCC1CCC(O)CC1. The maximum absolute atomic E-state index is 11.9. The Kier molecular flexibility index (Phi) is 4.18. The van der Waals surface area contributed by atoms with E-state index in [0.29, 0.717) is 5.92 Å². The highest BCUT2D eigenvalue weighted by molar-refractivity contribution is 7.08. The Morgan fingerprint density at radius 3 is 2.71 bits per heavy atom. The van der Waals surface area contributed by atoms with Crippen LogP contribution in [0.4, 0.5) is 0 Å². The highest BCUT2D eigenvalue weighted by Crippen LogP contribution is 2.23.